The lowest BCUT2D eigenvalue weighted by Crippen LogP contribution is -2.18. The van der Waals surface area contributed by atoms with Crippen molar-refractivity contribution in [2.24, 2.45) is 23.7 Å². The van der Waals surface area contributed by atoms with E-state index in [2.05, 4.69) is 0 Å². The third kappa shape index (κ3) is 0.595. The second kappa shape index (κ2) is 1.77. The van der Waals surface area contributed by atoms with Gasteiger partial charge in [0.2, 0.25) is 0 Å². The molecular formula is C8H7Cl2F. The predicted octanol–water partition coefficient (Wildman–Crippen LogP) is 2.56. The molecule has 0 aromatic rings. The minimum Gasteiger partial charge on any atom is -0.212 e. The van der Waals surface area contributed by atoms with Gasteiger partial charge in [-0.15, -0.1) is 23.2 Å². The first-order valence-corrected chi connectivity index (χ1v) is 4.74. The molecule has 2 fully saturated rings. The topological polar surface area (TPSA) is 0 Å². The molecule has 6 atom stereocenters. The quantitative estimate of drug-likeness (QED) is 0.518. The number of alkyl halides is 2. The molecule has 3 aliphatic rings. The fourth-order valence-corrected chi connectivity index (χ4v) is 3.67. The minimum absolute atomic E-state index is 0.00108. The van der Waals surface area contributed by atoms with Crippen molar-refractivity contribution < 1.29 is 4.39 Å². The summed E-state index contributed by atoms with van der Waals surface area (Å²) >= 11 is 12.0. The predicted molar refractivity (Wildman–Crippen MR) is 42.4 cm³/mol. The Balaban J connectivity index is 2.02. The summed E-state index contributed by atoms with van der Waals surface area (Å²) in [6.07, 6.45) is 1.67. The average molecular weight is 193 g/mol. The molecule has 1 unspecified atom stereocenters. The molecule has 0 aliphatic heterocycles. The van der Waals surface area contributed by atoms with E-state index in [1.165, 1.54) is 0 Å². The lowest BCUT2D eigenvalue weighted by atomic mass is 10.1. The van der Waals surface area contributed by atoms with Crippen LogP contribution in [0.5, 0.6) is 0 Å². The molecule has 0 saturated heterocycles. The summed E-state index contributed by atoms with van der Waals surface area (Å²) in [7, 11) is 0. The smallest absolute Gasteiger partial charge is 0.100 e. The van der Waals surface area contributed by atoms with Crippen LogP contribution in [0, 0.1) is 23.7 Å². The summed E-state index contributed by atoms with van der Waals surface area (Å²) in [6, 6.07) is 0. The zero-order valence-corrected chi connectivity index (χ0v) is 7.19. The summed E-state index contributed by atoms with van der Waals surface area (Å²) < 4.78 is 13.0. The molecule has 0 amide bonds. The van der Waals surface area contributed by atoms with Gasteiger partial charge in [-0.1, -0.05) is 0 Å². The third-order valence-electron chi connectivity index (χ3n) is 3.29. The molecule has 0 spiro atoms. The van der Waals surface area contributed by atoms with Crippen LogP contribution in [-0.4, -0.2) is 10.8 Å². The molecular weight excluding hydrogens is 186 g/mol. The highest BCUT2D eigenvalue weighted by Gasteiger charge is 2.70. The van der Waals surface area contributed by atoms with Crippen LogP contribution in [0.15, 0.2) is 11.9 Å². The second-order valence-electron chi connectivity index (χ2n) is 3.70. The van der Waals surface area contributed by atoms with Crippen molar-refractivity contribution in [1.82, 2.24) is 0 Å². The van der Waals surface area contributed by atoms with Crippen LogP contribution >= 0.6 is 23.2 Å². The SMILES string of the molecule is FC1=C[C@H]2C3[C@H]([C@@H](Cl)[C@@H]2Cl)[C@H]13. The molecule has 60 valence electrons. The maximum Gasteiger partial charge on any atom is 0.100 e. The number of hydrogen-bond acceptors (Lipinski definition) is 0. The van der Waals surface area contributed by atoms with Crippen molar-refractivity contribution >= 4 is 23.2 Å². The van der Waals surface area contributed by atoms with Gasteiger partial charge in [-0.3, -0.25) is 0 Å². The van der Waals surface area contributed by atoms with E-state index in [-0.39, 0.29) is 28.4 Å². The van der Waals surface area contributed by atoms with Gasteiger partial charge in [0, 0.05) is 11.8 Å². The number of hydrogen-bond donors (Lipinski definition) is 0. The molecule has 0 N–H and O–H groups in total. The molecule has 0 nitrogen and oxygen atoms in total. The van der Waals surface area contributed by atoms with Crippen LogP contribution in [0.3, 0.4) is 0 Å². The largest absolute Gasteiger partial charge is 0.212 e. The first kappa shape index (κ1) is 6.73. The van der Waals surface area contributed by atoms with Crippen molar-refractivity contribution in [2.75, 3.05) is 0 Å². The zero-order valence-electron chi connectivity index (χ0n) is 5.68. The van der Waals surface area contributed by atoms with Crippen molar-refractivity contribution in [3.05, 3.63) is 11.9 Å². The number of rotatable bonds is 0. The van der Waals surface area contributed by atoms with E-state index in [0.29, 0.717) is 11.8 Å². The molecule has 3 aliphatic carbocycles. The monoisotopic (exact) mass is 192 g/mol. The third-order valence-corrected chi connectivity index (χ3v) is 4.54. The van der Waals surface area contributed by atoms with Crippen molar-refractivity contribution in [2.45, 2.75) is 10.8 Å². The molecule has 0 radical (unpaired) electrons. The van der Waals surface area contributed by atoms with E-state index < -0.39 is 0 Å². The van der Waals surface area contributed by atoms with Gasteiger partial charge in [0.1, 0.15) is 5.83 Å². The highest BCUT2D eigenvalue weighted by atomic mass is 35.5. The molecule has 3 rings (SSSR count). The van der Waals surface area contributed by atoms with Gasteiger partial charge in [0.15, 0.2) is 0 Å². The standard InChI is InChI=1S/C8H7Cl2F/c9-7-2-1-3(11)5-4(2)6(5)8(7)10/h1-2,4-8H/t2-,4?,5+,6-,7+,8+/m0/s1. The summed E-state index contributed by atoms with van der Waals surface area (Å²) in [4.78, 5) is 0. The Morgan fingerprint density at radius 1 is 1.18 bits per heavy atom. The lowest BCUT2D eigenvalue weighted by Gasteiger charge is -2.12. The van der Waals surface area contributed by atoms with Gasteiger partial charge in [0.25, 0.3) is 0 Å². The Morgan fingerprint density at radius 2 is 1.91 bits per heavy atom. The van der Waals surface area contributed by atoms with Crippen molar-refractivity contribution in [3.8, 4) is 0 Å². The first-order valence-electron chi connectivity index (χ1n) is 3.87. The van der Waals surface area contributed by atoms with E-state index in [1.54, 1.807) is 6.08 Å². The van der Waals surface area contributed by atoms with Gasteiger partial charge in [-0.05, 0) is 17.9 Å². The average Bonchev–Trinajstić information content (AvgIpc) is 2.58. The van der Waals surface area contributed by atoms with E-state index in [9.17, 15) is 4.39 Å². The Hall–Kier alpha value is 0.250. The van der Waals surface area contributed by atoms with E-state index >= 15 is 0 Å². The number of fused-ring (bicyclic) bond motifs is 1. The zero-order chi connectivity index (χ0) is 7.75. The fourth-order valence-electron chi connectivity index (χ4n) is 2.77. The Labute approximate surface area is 74.4 Å². The second-order valence-corrected chi connectivity index (χ2v) is 4.71. The van der Waals surface area contributed by atoms with Crippen LogP contribution in [0.2, 0.25) is 0 Å². The van der Waals surface area contributed by atoms with Crippen LogP contribution in [0.4, 0.5) is 4.39 Å². The van der Waals surface area contributed by atoms with E-state index in [0.717, 1.165) is 0 Å². The molecule has 2 saturated carbocycles. The van der Waals surface area contributed by atoms with Gasteiger partial charge >= 0.3 is 0 Å². The van der Waals surface area contributed by atoms with Gasteiger partial charge < -0.3 is 0 Å². The molecule has 0 bridgehead atoms. The molecule has 0 aromatic carbocycles. The summed E-state index contributed by atoms with van der Waals surface area (Å²) in [5.74, 6) is 1.24. The number of halogens is 3. The minimum atomic E-state index is -0.0313. The van der Waals surface area contributed by atoms with Crippen LogP contribution in [0.25, 0.3) is 0 Å². The van der Waals surface area contributed by atoms with Gasteiger partial charge in [0.05, 0.1) is 10.8 Å². The van der Waals surface area contributed by atoms with Gasteiger partial charge in [-0.2, -0.15) is 0 Å². The Kier molecular flexibility index (Phi) is 1.08. The van der Waals surface area contributed by atoms with Gasteiger partial charge in [-0.25, -0.2) is 4.39 Å². The van der Waals surface area contributed by atoms with Crippen molar-refractivity contribution in [1.29, 1.82) is 0 Å². The lowest BCUT2D eigenvalue weighted by molar-refractivity contribution is 0.537. The van der Waals surface area contributed by atoms with E-state index in [1.807, 2.05) is 0 Å². The highest BCUT2D eigenvalue weighted by Crippen LogP contribution is 2.70. The summed E-state index contributed by atoms with van der Waals surface area (Å²) in [5.41, 5.74) is 0. The summed E-state index contributed by atoms with van der Waals surface area (Å²) in [5, 5.41) is -0.0302. The van der Waals surface area contributed by atoms with Crippen LogP contribution < -0.4 is 0 Å². The Morgan fingerprint density at radius 3 is 2.45 bits per heavy atom. The molecule has 3 heteroatoms. The maximum atomic E-state index is 13.0. The Bertz CT molecular complexity index is 250. The normalized spacial score (nSPS) is 64.5. The number of allylic oxidation sites excluding steroid dienone is 2. The van der Waals surface area contributed by atoms with Crippen LogP contribution in [0.1, 0.15) is 0 Å². The molecule has 0 heterocycles. The maximum absolute atomic E-state index is 13.0. The molecule has 11 heavy (non-hydrogen) atoms. The highest BCUT2D eigenvalue weighted by molar-refractivity contribution is 6.31. The molecule has 0 aromatic heterocycles. The first-order chi connectivity index (χ1) is 5.22. The van der Waals surface area contributed by atoms with Crippen LogP contribution in [-0.2, 0) is 0 Å². The van der Waals surface area contributed by atoms with E-state index in [4.69, 9.17) is 23.2 Å². The van der Waals surface area contributed by atoms with Crippen molar-refractivity contribution in [3.63, 3.8) is 0 Å². The fraction of sp³-hybridized carbons (Fsp3) is 0.750. The summed E-state index contributed by atoms with van der Waals surface area (Å²) in [6.45, 7) is 0.